The topological polar surface area (TPSA) is 21.3 Å². The van der Waals surface area contributed by atoms with E-state index in [0.29, 0.717) is 0 Å². The van der Waals surface area contributed by atoms with Gasteiger partial charge in [-0.25, -0.2) is 0 Å². The van der Waals surface area contributed by atoms with Crippen molar-refractivity contribution in [3.05, 3.63) is 99.5 Å². The Morgan fingerprint density at radius 3 is 2.11 bits per heavy atom. The third-order valence-electron chi connectivity index (χ3n) is 4.94. The minimum absolute atomic E-state index is 0.390. The van der Waals surface area contributed by atoms with Gasteiger partial charge >= 0.3 is 0 Å². The largest absolute Gasteiger partial charge is 0.497 e. The number of benzene rings is 3. The van der Waals surface area contributed by atoms with Gasteiger partial charge in [0.1, 0.15) is 5.75 Å². The van der Waals surface area contributed by atoms with Crippen LogP contribution in [-0.2, 0) is 5.54 Å². The van der Waals surface area contributed by atoms with Crippen LogP contribution in [0, 0.1) is 0 Å². The van der Waals surface area contributed by atoms with E-state index in [-0.39, 0.29) is 5.54 Å². The molecule has 1 heterocycles. The minimum atomic E-state index is -0.390. The molecule has 0 fully saturated rings. The van der Waals surface area contributed by atoms with E-state index in [1.165, 1.54) is 0 Å². The molecule has 0 saturated carbocycles. The van der Waals surface area contributed by atoms with Crippen LogP contribution in [0.2, 0.25) is 10.0 Å². The van der Waals surface area contributed by atoms with Gasteiger partial charge in [0.15, 0.2) is 0 Å². The van der Waals surface area contributed by atoms with E-state index >= 15 is 0 Å². The maximum atomic E-state index is 6.10. The van der Waals surface area contributed by atoms with Gasteiger partial charge in [-0.15, -0.1) is 0 Å². The summed E-state index contributed by atoms with van der Waals surface area (Å²) in [7, 11) is 1.68. The molecule has 1 atom stereocenters. The molecule has 0 radical (unpaired) electrons. The quantitative estimate of drug-likeness (QED) is 0.527. The van der Waals surface area contributed by atoms with Gasteiger partial charge in [-0.05, 0) is 66.1 Å². The fourth-order valence-corrected chi connectivity index (χ4v) is 3.74. The summed E-state index contributed by atoms with van der Waals surface area (Å²) in [5.41, 5.74) is 5.17. The minimum Gasteiger partial charge on any atom is -0.497 e. The molecule has 0 aliphatic carbocycles. The number of methoxy groups -OCH3 is 1. The molecule has 0 aromatic heterocycles. The molecule has 2 nitrogen and oxygen atoms in total. The predicted octanol–water partition coefficient (Wildman–Crippen LogP) is 6.77. The molecule has 4 rings (SSSR count). The zero-order chi connectivity index (χ0) is 19.0. The molecule has 4 heteroatoms. The van der Waals surface area contributed by atoms with E-state index in [9.17, 15) is 0 Å². The Hall–Kier alpha value is -2.42. The number of anilines is 1. The molecule has 3 aromatic carbocycles. The Morgan fingerprint density at radius 1 is 0.852 bits per heavy atom. The molecular formula is C23H19Cl2NO. The molecular weight excluding hydrogens is 377 g/mol. The lowest BCUT2D eigenvalue weighted by Gasteiger charge is -2.36. The Labute approximate surface area is 169 Å². The van der Waals surface area contributed by atoms with Crippen molar-refractivity contribution in [2.75, 3.05) is 12.4 Å². The van der Waals surface area contributed by atoms with Crippen LogP contribution in [0.25, 0.3) is 5.57 Å². The van der Waals surface area contributed by atoms with Crippen LogP contribution in [0.1, 0.15) is 23.6 Å². The van der Waals surface area contributed by atoms with E-state index in [2.05, 4.69) is 48.6 Å². The molecule has 1 aliphatic heterocycles. The van der Waals surface area contributed by atoms with E-state index in [1.807, 2.05) is 36.4 Å². The molecule has 0 saturated heterocycles. The van der Waals surface area contributed by atoms with Crippen LogP contribution >= 0.6 is 23.2 Å². The Kier molecular flexibility index (Phi) is 4.63. The zero-order valence-electron chi connectivity index (χ0n) is 15.1. The van der Waals surface area contributed by atoms with E-state index in [1.54, 1.807) is 7.11 Å². The lowest BCUT2D eigenvalue weighted by atomic mass is 9.82. The van der Waals surface area contributed by atoms with Crippen molar-refractivity contribution in [3.63, 3.8) is 0 Å². The number of halogens is 2. The van der Waals surface area contributed by atoms with Gasteiger partial charge in [-0.3, -0.25) is 0 Å². The standard InChI is InChI=1S/C23H19Cl2NO/c1-23(16-5-9-18(25)10-6-16)14-21(15-3-7-17(24)8-4-15)20-12-11-19(27-2)13-22(20)26-23/h3-14,26H,1-2H3. The van der Waals surface area contributed by atoms with Gasteiger partial charge in [0.05, 0.1) is 12.6 Å². The van der Waals surface area contributed by atoms with Crippen molar-refractivity contribution in [2.45, 2.75) is 12.5 Å². The van der Waals surface area contributed by atoms with Crippen LogP contribution in [0.4, 0.5) is 5.69 Å². The lowest BCUT2D eigenvalue weighted by molar-refractivity contribution is 0.415. The van der Waals surface area contributed by atoms with E-state index < -0.39 is 0 Å². The average molecular weight is 396 g/mol. The Morgan fingerprint density at radius 2 is 1.48 bits per heavy atom. The molecule has 3 aromatic rings. The summed E-state index contributed by atoms with van der Waals surface area (Å²) < 4.78 is 5.43. The normalized spacial score (nSPS) is 18.3. The molecule has 0 amide bonds. The lowest BCUT2D eigenvalue weighted by Crippen LogP contribution is -2.33. The van der Waals surface area contributed by atoms with Crippen LogP contribution in [-0.4, -0.2) is 7.11 Å². The second-order valence-electron chi connectivity index (χ2n) is 6.81. The van der Waals surface area contributed by atoms with Gasteiger partial charge in [-0.1, -0.05) is 47.5 Å². The molecule has 27 heavy (non-hydrogen) atoms. The number of nitrogens with one attached hydrogen (secondary N) is 1. The average Bonchev–Trinajstić information content (AvgIpc) is 2.68. The van der Waals surface area contributed by atoms with Gasteiger partial charge in [0, 0.05) is 27.4 Å². The first kappa shape index (κ1) is 18.0. The number of hydrogen-bond donors (Lipinski definition) is 1. The number of hydrogen-bond acceptors (Lipinski definition) is 2. The van der Waals surface area contributed by atoms with Crippen molar-refractivity contribution in [1.82, 2.24) is 0 Å². The van der Waals surface area contributed by atoms with Crippen LogP contribution in [0.5, 0.6) is 5.75 Å². The monoisotopic (exact) mass is 395 g/mol. The number of ether oxygens (including phenoxy) is 1. The molecule has 1 unspecified atom stereocenters. The van der Waals surface area contributed by atoms with Crippen molar-refractivity contribution < 1.29 is 4.74 Å². The van der Waals surface area contributed by atoms with Gasteiger partial charge in [0.2, 0.25) is 0 Å². The fourth-order valence-electron chi connectivity index (χ4n) is 3.49. The highest BCUT2D eigenvalue weighted by atomic mass is 35.5. The third kappa shape index (κ3) is 3.43. The van der Waals surface area contributed by atoms with Crippen LogP contribution in [0.3, 0.4) is 0 Å². The summed E-state index contributed by atoms with van der Waals surface area (Å²) in [6.45, 7) is 2.16. The highest BCUT2D eigenvalue weighted by Crippen LogP contribution is 2.43. The first-order valence-electron chi connectivity index (χ1n) is 8.70. The first-order chi connectivity index (χ1) is 13.0. The number of fused-ring (bicyclic) bond motifs is 1. The SMILES string of the molecule is COc1ccc2c(c1)NC(C)(c1ccc(Cl)cc1)C=C2c1ccc(Cl)cc1. The Bertz CT molecular complexity index is 1010. The third-order valence-corrected chi connectivity index (χ3v) is 5.45. The summed E-state index contributed by atoms with van der Waals surface area (Å²) in [4.78, 5) is 0. The summed E-state index contributed by atoms with van der Waals surface area (Å²) in [5.74, 6) is 0.817. The maximum Gasteiger partial charge on any atom is 0.120 e. The highest BCUT2D eigenvalue weighted by Gasteiger charge is 2.31. The molecule has 0 bridgehead atoms. The summed E-state index contributed by atoms with van der Waals surface area (Å²) in [5, 5.41) is 5.12. The highest BCUT2D eigenvalue weighted by molar-refractivity contribution is 6.30. The molecule has 136 valence electrons. The summed E-state index contributed by atoms with van der Waals surface area (Å²) >= 11 is 12.2. The van der Waals surface area contributed by atoms with Crippen molar-refractivity contribution in [1.29, 1.82) is 0 Å². The second-order valence-corrected chi connectivity index (χ2v) is 7.68. The van der Waals surface area contributed by atoms with Gasteiger partial charge < -0.3 is 10.1 Å². The maximum absolute atomic E-state index is 6.10. The second kappa shape index (κ2) is 6.95. The van der Waals surface area contributed by atoms with Crippen molar-refractivity contribution in [2.24, 2.45) is 0 Å². The summed E-state index contributed by atoms with van der Waals surface area (Å²) in [6.07, 6.45) is 2.26. The fraction of sp³-hybridized carbons (Fsp3) is 0.130. The zero-order valence-corrected chi connectivity index (χ0v) is 16.6. The molecule has 1 N–H and O–H groups in total. The smallest absolute Gasteiger partial charge is 0.120 e. The summed E-state index contributed by atoms with van der Waals surface area (Å²) in [6, 6.07) is 22.0. The molecule has 0 spiro atoms. The van der Waals surface area contributed by atoms with Gasteiger partial charge in [-0.2, -0.15) is 0 Å². The van der Waals surface area contributed by atoms with E-state index in [4.69, 9.17) is 27.9 Å². The van der Waals surface area contributed by atoms with E-state index in [0.717, 1.165) is 43.7 Å². The first-order valence-corrected chi connectivity index (χ1v) is 9.45. The predicted molar refractivity (Wildman–Crippen MR) is 114 cm³/mol. The van der Waals surface area contributed by atoms with Gasteiger partial charge in [0.25, 0.3) is 0 Å². The van der Waals surface area contributed by atoms with Crippen molar-refractivity contribution >= 4 is 34.5 Å². The van der Waals surface area contributed by atoms with Crippen LogP contribution < -0.4 is 10.1 Å². The number of rotatable bonds is 3. The molecule has 1 aliphatic rings. The van der Waals surface area contributed by atoms with Crippen LogP contribution in [0.15, 0.2) is 72.8 Å². The van der Waals surface area contributed by atoms with Crippen molar-refractivity contribution in [3.8, 4) is 5.75 Å². The Balaban J connectivity index is 1.90.